The van der Waals surface area contributed by atoms with E-state index in [2.05, 4.69) is 20.9 Å². The highest BCUT2D eigenvalue weighted by Gasteiger charge is 2.18. The van der Waals surface area contributed by atoms with E-state index >= 15 is 0 Å². The van der Waals surface area contributed by atoms with Gasteiger partial charge in [0, 0.05) is 10.7 Å². The van der Waals surface area contributed by atoms with Crippen molar-refractivity contribution >= 4 is 39.0 Å². The molecule has 0 aliphatic heterocycles. The SMILES string of the molecule is Cc1cc2nc(-c3c(F)cccc3Cl)c(N)n2cc1Br. The van der Waals surface area contributed by atoms with E-state index in [0.29, 0.717) is 17.2 Å². The quantitative estimate of drug-likeness (QED) is 0.702. The Kier molecular flexibility index (Phi) is 3.18. The van der Waals surface area contributed by atoms with Crippen LogP contribution in [0.25, 0.3) is 16.9 Å². The summed E-state index contributed by atoms with van der Waals surface area (Å²) in [6, 6.07) is 6.38. The largest absolute Gasteiger partial charge is 0.383 e. The molecule has 0 saturated heterocycles. The lowest BCUT2D eigenvalue weighted by Crippen LogP contribution is -1.96. The first kappa shape index (κ1) is 13.4. The van der Waals surface area contributed by atoms with E-state index in [-0.39, 0.29) is 10.6 Å². The molecule has 2 heterocycles. The monoisotopic (exact) mass is 353 g/mol. The third kappa shape index (κ3) is 1.98. The summed E-state index contributed by atoms with van der Waals surface area (Å²) in [5, 5.41) is 0.288. The standard InChI is InChI=1S/C14H10BrClFN3/c1-7-5-11-19-13(14(18)20(11)6-8(7)15)12-9(16)3-2-4-10(12)17/h2-6H,18H2,1H3. The first-order chi connectivity index (χ1) is 9.49. The fourth-order valence-corrected chi connectivity index (χ4v) is 2.66. The van der Waals surface area contributed by atoms with E-state index in [0.717, 1.165) is 10.0 Å². The third-order valence-corrected chi connectivity index (χ3v) is 4.28. The molecule has 0 fully saturated rings. The van der Waals surface area contributed by atoms with Crippen molar-refractivity contribution in [1.29, 1.82) is 0 Å². The van der Waals surface area contributed by atoms with E-state index < -0.39 is 5.82 Å². The molecule has 3 rings (SSSR count). The second-order valence-corrected chi connectivity index (χ2v) is 5.74. The number of hydrogen-bond donors (Lipinski definition) is 1. The molecule has 0 unspecified atom stereocenters. The first-order valence-electron chi connectivity index (χ1n) is 5.87. The highest BCUT2D eigenvalue weighted by molar-refractivity contribution is 9.10. The van der Waals surface area contributed by atoms with Crippen LogP contribution in [-0.4, -0.2) is 9.38 Å². The molecule has 0 aliphatic carbocycles. The van der Waals surface area contributed by atoms with Gasteiger partial charge < -0.3 is 5.73 Å². The maximum absolute atomic E-state index is 14.0. The van der Waals surface area contributed by atoms with Gasteiger partial charge in [-0.15, -0.1) is 0 Å². The summed E-state index contributed by atoms with van der Waals surface area (Å²) in [6.45, 7) is 1.95. The van der Waals surface area contributed by atoms with Crippen molar-refractivity contribution in [2.75, 3.05) is 5.73 Å². The third-order valence-electron chi connectivity index (χ3n) is 3.14. The minimum Gasteiger partial charge on any atom is -0.383 e. The molecule has 102 valence electrons. The number of pyridine rings is 1. The Morgan fingerprint density at radius 1 is 1.40 bits per heavy atom. The van der Waals surface area contributed by atoms with Crippen LogP contribution in [0.5, 0.6) is 0 Å². The predicted octanol–water partition coefficient (Wildman–Crippen LogP) is 4.45. The van der Waals surface area contributed by atoms with Crippen molar-refractivity contribution in [2.24, 2.45) is 0 Å². The molecule has 0 saturated carbocycles. The first-order valence-corrected chi connectivity index (χ1v) is 7.04. The van der Waals surface area contributed by atoms with Crippen LogP contribution in [0, 0.1) is 12.7 Å². The number of anilines is 1. The summed E-state index contributed by atoms with van der Waals surface area (Å²) in [5.74, 6) is -0.0870. The molecule has 0 aliphatic rings. The van der Waals surface area contributed by atoms with E-state index in [1.165, 1.54) is 6.07 Å². The number of aryl methyl sites for hydroxylation is 1. The van der Waals surface area contributed by atoms with Crippen LogP contribution in [0.4, 0.5) is 10.2 Å². The van der Waals surface area contributed by atoms with Crippen LogP contribution in [0.3, 0.4) is 0 Å². The molecule has 2 aromatic heterocycles. The Morgan fingerprint density at radius 2 is 2.15 bits per heavy atom. The summed E-state index contributed by atoms with van der Waals surface area (Å²) in [7, 11) is 0. The van der Waals surface area contributed by atoms with Crippen LogP contribution < -0.4 is 5.73 Å². The fraction of sp³-hybridized carbons (Fsp3) is 0.0714. The molecule has 0 spiro atoms. The van der Waals surface area contributed by atoms with Gasteiger partial charge in [-0.3, -0.25) is 4.40 Å². The molecule has 3 nitrogen and oxygen atoms in total. The second-order valence-electron chi connectivity index (χ2n) is 4.47. The van der Waals surface area contributed by atoms with Crippen molar-refractivity contribution in [3.63, 3.8) is 0 Å². The number of aromatic nitrogens is 2. The van der Waals surface area contributed by atoms with Crippen molar-refractivity contribution in [1.82, 2.24) is 9.38 Å². The average molecular weight is 355 g/mol. The van der Waals surface area contributed by atoms with Crippen LogP contribution in [-0.2, 0) is 0 Å². The van der Waals surface area contributed by atoms with Crippen molar-refractivity contribution in [3.05, 3.63) is 51.3 Å². The molecule has 0 atom stereocenters. The number of nitrogens with zero attached hydrogens (tertiary/aromatic N) is 2. The van der Waals surface area contributed by atoms with Gasteiger partial charge in [0.15, 0.2) is 0 Å². The molecule has 0 bridgehead atoms. The highest BCUT2D eigenvalue weighted by atomic mass is 79.9. The Balaban J connectivity index is 2.35. The highest BCUT2D eigenvalue weighted by Crippen LogP contribution is 2.34. The van der Waals surface area contributed by atoms with Gasteiger partial charge in [-0.2, -0.15) is 0 Å². The van der Waals surface area contributed by atoms with E-state index in [1.54, 1.807) is 16.5 Å². The van der Waals surface area contributed by atoms with Gasteiger partial charge in [-0.25, -0.2) is 9.37 Å². The lowest BCUT2D eigenvalue weighted by molar-refractivity contribution is 0.631. The zero-order chi connectivity index (χ0) is 14.4. The van der Waals surface area contributed by atoms with Gasteiger partial charge >= 0.3 is 0 Å². The molecule has 3 aromatic rings. The number of rotatable bonds is 1. The lowest BCUT2D eigenvalue weighted by atomic mass is 10.1. The Morgan fingerprint density at radius 3 is 2.85 bits per heavy atom. The number of hydrogen-bond acceptors (Lipinski definition) is 2. The summed E-state index contributed by atoms with van der Waals surface area (Å²) < 4.78 is 16.6. The van der Waals surface area contributed by atoms with Gasteiger partial charge in [-0.1, -0.05) is 17.7 Å². The van der Waals surface area contributed by atoms with Crippen molar-refractivity contribution < 1.29 is 4.39 Å². The molecule has 20 heavy (non-hydrogen) atoms. The molecule has 2 N–H and O–H groups in total. The van der Waals surface area contributed by atoms with Crippen molar-refractivity contribution in [2.45, 2.75) is 6.92 Å². The lowest BCUT2D eigenvalue weighted by Gasteiger charge is -2.04. The van der Waals surface area contributed by atoms with Gasteiger partial charge in [0.05, 0.1) is 10.6 Å². The number of benzene rings is 1. The molecule has 6 heteroatoms. The van der Waals surface area contributed by atoms with Crippen LogP contribution in [0.2, 0.25) is 5.02 Å². The van der Waals surface area contributed by atoms with Gasteiger partial charge in [0.2, 0.25) is 0 Å². The molecule has 1 aromatic carbocycles. The number of halogens is 3. The van der Waals surface area contributed by atoms with Gasteiger partial charge in [-0.05, 0) is 46.6 Å². The maximum atomic E-state index is 14.0. The maximum Gasteiger partial charge on any atom is 0.139 e. The average Bonchev–Trinajstić information content (AvgIpc) is 2.68. The number of imidazole rings is 1. The van der Waals surface area contributed by atoms with E-state index in [9.17, 15) is 4.39 Å². The summed E-state index contributed by atoms with van der Waals surface area (Å²) in [5.41, 5.74) is 8.33. The Hall–Kier alpha value is -1.59. The number of nitrogen functional groups attached to an aromatic ring is 1. The summed E-state index contributed by atoms with van der Waals surface area (Å²) >= 11 is 9.51. The summed E-state index contributed by atoms with van der Waals surface area (Å²) in [4.78, 5) is 4.40. The normalized spacial score (nSPS) is 11.2. The van der Waals surface area contributed by atoms with E-state index in [1.807, 2.05) is 19.2 Å². The number of fused-ring (bicyclic) bond motifs is 1. The van der Waals surface area contributed by atoms with Gasteiger partial charge in [0.1, 0.15) is 23.0 Å². The predicted molar refractivity (Wildman–Crippen MR) is 82.4 cm³/mol. The molecule has 0 radical (unpaired) electrons. The zero-order valence-corrected chi connectivity index (χ0v) is 12.8. The van der Waals surface area contributed by atoms with Crippen LogP contribution in [0.15, 0.2) is 34.9 Å². The molecular formula is C14H10BrClFN3. The smallest absolute Gasteiger partial charge is 0.139 e. The van der Waals surface area contributed by atoms with Crippen LogP contribution in [0.1, 0.15) is 5.56 Å². The van der Waals surface area contributed by atoms with E-state index in [4.69, 9.17) is 17.3 Å². The Labute approximate surface area is 128 Å². The zero-order valence-electron chi connectivity index (χ0n) is 10.5. The second kappa shape index (κ2) is 4.75. The van der Waals surface area contributed by atoms with Gasteiger partial charge in [0.25, 0.3) is 0 Å². The number of nitrogens with two attached hydrogens (primary N) is 1. The molecule has 0 amide bonds. The molecular weight excluding hydrogens is 345 g/mol. The minimum atomic E-state index is -0.441. The topological polar surface area (TPSA) is 43.3 Å². The fourth-order valence-electron chi connectivity index (χ4n) is 2.09. The minimum absolute atomic E-state index is 0.226. The summed E-state index contributed by atoms with van der Waals surface area (Å²) in [6.07, 6.45) is 1.81. The van der Waals surface area contributed by atoms with Crippen LogP contribution >= 0.6 is 27.5 Å². The Bertz CT molecular complexity index is 809. The van der Waals surface area contributed by atoms with Crippen molar-refractivity contribution in [3.8, 4) is 11.3 Å².